The van der Waals surface area contributed by atoms with Crippen LogP contribution in [0.5, 0.6) is 0 Å². The molecular formula is C26H23FN4O4. The molecule has 35 heavy (non-hydrogen) atoms. The average Bonchev–Trinajstić information content (AvgIpc) is 3.31. The van der Waals surface area contributed by atoms with Gasteiger partial charge >= 0.3 is 5.76 Å². The zero-order valence-electron chi connectivity index (χ0n) is 19.1. The quantitative estimate of drug-likeness (QED) is 0.393. The van der Waals surface area contributed by atoms with Crippen LogP contribution in [0, 0.1) is 11.7 Å². The number of fused-ring (bicyclic) bond motifs is 2. The molecule has 2 aromatic carbocycles. The molecule has 9 heteroatoms. The molecule has 1 unspecified atom stereocenters. The van der Waals surface area contributed by atoms with Crippen molar-refractivity contribution in [3.05, 3.63) is 86.9 Å². The Kier molecular flexibility index (Phi) is 5.47. The number of nitrogens with one attached hydrogen (secondary N) is 2. The standard InChI is InChI=1S/C26H23FN4O4/c1-12(2)9-17-21(24(28)32)20(14-5-8-16-19(11-14)35-26(34)31-16)22-23(29-17)18(30-25(22)33)10-13-3-6-15(27)7-4-13/h3-8,11-12,18H,9-10H2,1-2H3,(H2,28,32)(H,30,33)(H,31,34). The number of nitrogens with zero attached hydrogens (tertiary/aromatic N) is 1. The van der Waals surface area contributed by atoms with Gasteiger partial charge in [0.15, 0.2) is 5.58 Å². The molecule has 3 heterocycles. The van der Waals surface area contributed by atoms with Crippen molar-refractivity contribution in [1.29, 1.82) is 0 Å². The second kappa shape index (κ2) is 8.50. The van der Waals surface area contributed by atoms with Gasteiger partial charge in [-0.1, -0.05) is 32.0 Å². The molecule has 1 atom stereocenters. The number of oxazole rings is 1. The Morgan fingerprint density at radius 1 is 1.14 bits per heavy atom. The lowest BCUT2D eigenvalue weighted by molar-refractivity contribution is 0.0956. The molecule has 0 fully saturated rings. The molecule has 178 valence electrons. The summed E-state index contributed by atoms with van der Waals surface area (Å²) < 4.78 is 18.6. The van der Waals surface area contributed by atoms with Gasteiger partial charge in [0, 0.05) is 5.56 Å². The molecule has 0 spiro atoms. The Morgan fingerprint density at radius 3 is 2.57 bits per heavy atom. The Bertz CT molecular complexity index is 1540. The van der Waals surface area contributed by atoms with Crippen molar-refractivity contribution in [2.24, 2.45) is 11.7 Å². The van der Waals surface area contributed by atoms with Gasteiger partial charge in [0.25, 0.3) is 11.8 Å². The van der Waals surface area contributed by atoms with Gasteiger partial charge in [0.05, 0.1) is 34.1 Å². The van der Waals surface area contributed by atoms with Crippen LogP contribution in [0.3, 0.4) is 0 Å². The first kappa shape index (κ1) is 22.5. The average molecular weight is 474 g/mol. The molecule has 1 aliphatic heterocycles. The number of carbonyl (C=O) groups excluding carboxylic acids is 2. The topological polar surface area (TPSA) is 131 Å². The van der Waals surface area contributed by atoms with Gasteiger partial charge < -0.3 is 15.5 Å². The summed E-state index contributed by atoms with van der Waals surface area (Å²) in [6, 6.07) is 10.5. The fraction of sp³-hybridized carbons (Fsp3) is 0.231. The predicted octanol–water partition coefficient (Wildman–Crippen LogP) is 3.65. The van der Waals surface area contributed by atoms with Crippen LogP contribution < -0.4 is 16.8 Å². The summed E-state index contributed by atoms with van der Waals surface area (Å²) in [5.74, 6) is -1.87. The van der Waals surface area contributed by atoms with Crippen LogP contribution in [-0.4, -0.2) is 21.8 Å². The summed E-state index contributed by atoms with van der Waals surface area (Å²) >= 11 is 0. The van der Waals surface area contributed by atoms with Gasteiger partial charge in [-0.3, -0.25) is 19.6 Å². The molecular weight excluding hydrogens is 451 g/mol. The summed E-state index contributed by atoms with van der Waals surface area (Å²) in [5.41, 5.74) is 9.75. The number of hydrogen-bond acceptors (Lipinski definition) is 5. The normalized spacial score (nSPS) is 15.0. The van der Waals surface area contributed by atoms with Crippen molar-refractivity contribution in [2.75, 3.05) is 0 Å². The predicted molar refractivity (Wildman–Crippen MR) is 127 cm³/mol. The fourth-order valence-corrected chi connectivity index (χ4v) is 4.63. The van der Waals surface area contributed by atoms with Gasteiger partial charge in [-0.15, -0.1) is 0 Å². The van der Waals surface area contributed by atoms with Crippen LogP contribution in [0.15, 0.2) is 51.7 Å². The molecule has 4 N–H and O–H groups in total. The molecule has 2 aromatic heterocycles. The van der Waals surface area contributed by atoms with Crippen molar-refractivity contribution >= 4 is 22.9 Å². The highest BCUT2D eigenvalue weighted by Gasteiger charge is 2.37. The first-order valence-electron chi connectivity index (χ1n) is 11.3. The van der Waals surface area contributed by atoms with Gasteiger partial charge in [-0.05, 0) is 54.2 Å². The third-order valence-electron chi connectivity index (χ3n) is 6.07. The van der Waals surface area contributed by atoms with E-state index in [0.29, 0.717) is 46.5 Å². The zero-order valence-corrected chi connectivity index (χ0v) is 19.1. The number of amides is 2. The maximum Gasteiger partial charge on any atom is 0.417 e. The summed E-state index contributed by atoms with van der Waals surface area (Å²) in [7, 11) is 0. The van der Waals surface area contributed by atoms with Crippen LogP contribution in [0.4, 0.5) is 4.39 Å². The highest BCUT2D eigenvalue weighted by Crippen LogP contribution is 2.39. The van der Waals surface area contributed by atoms with Crippen molar-refractivity contribution in [2.45, 2.75) is 32.7 Å². The lowest BCUT2D eigenvalue weighted by Gasteiger charge is -2.18. The van der Waals surface area contributed by atoms with Crippen LogP contribution in [0.2, 0.25) is 0 Å². The summed E-state index contributed by atoms with van der Waals surface area (Å²) in [5, 5.41) is 2.95. The van der Waals surface area contributed by atoms with Gasteiger partial charge in [0.2, 0.25) is 0 Å². The number of benzene rings is 2. The van der Waals surface area contributed by atoms with E-state index in [2.05, 4.69) is 10.3 Å². The third-order valence-corrected chi connectivity index (χ3v) is 6.07. The van der Waals surface area contributed by atoms with Crippen molar-refractivity contribution in [3.63, 3.8) is 0 Å². The van der Waals surface area contributed by atoms with E-state index >= 15 is 0 Å². The number of pyridine rings is 1. The van der Waals surface area contributed by atoms with E-state index in [9.17, 15) is 18.8 Å². The monoisotopic (exact) mass is 474 g/mol. The molecule has 0 saturated carbocycles. The number of aromatic amines is 1. The first-order chi connectivity index (χ1) is 16.7. The third kappa shape index (κ3) is 4.09. The summed E-state index contributed by atoms with van der Waals surface area (Å²) in [6.45, 7) is 4.00. The number of primary amides is 1. The van der Waals surface area contributed by atoms with E-state index in [4.69, 9.17) is 15.1 Å². The number of halogens is 1. The smallest absolute Gasteiger partial charge is 0.408 e. The van der Waals surface area contributed by atoms with Gasteiger partial charge in [0.1, 0.15) is 5.82 Å². The Labute approximate surface area is 199 Å². The SMILES string of the molecule is CC(C)Cc1nc2c(c(-c3ccc4[nH]c(=O)oc4c3)c1C(N)=O)C(=O)NC2Cc1ccc(F)cc1. The minimum Gasteiger partial charge on any atom is -0.408 e. The van der Waals surface area contributed by atoms with Crippen LogP contribution in [0.25, 0.3) is 22.2 Å². The molecule has 5 rings (SSSR count). The Balaban J connectivity index is 1.74. The molecule has 0 aliphatic carbocycles. The van der Waals surface area contributed by atoms with E-state index in [1.807, 2.05) is 13.8 Å². The van der Waals surface area contributed by atoms with Crippen molar-refractivity contribution in [1.82, 2.24) is 15.3 Å². The first-order valence-corrected chi connectivity index (χ1v) is 11.3. The number of hydrogen-bond donors (Lipinski definition) is 3. The molecule has 0 saturated heterocycles. The lowest BCUT2D eigenvalue weighted by Crippen LogP contribution is -2.21. The summed E-state index contributed by atoms with van der Waals surface area (Å²) in [6.07, 6.45) is 0.867. The van der Waals surface area contributed by atoms with E-state index in [-0.39, 0.29) is 28.8 Å². The van der Waals surface area contributed by atoms with E-state index in [1.54, 1.807) is 30.3 Å². The molecule has 0 radical (unpaired) electrons. The highest BCUT2D eigenvalue weighted by molar-refractivity contribution is 6.11. The van der Waals surface area contributed by atoms with Crippen LogP contribution in [-0.2, 0) is 12.8 Å². The van der Waals surface area contributed by atoms with Gasteiger partial charge in [-0.25, -0.2) is 9.18 Å². The second-order valence-corrected chi connectivity index (χ2v) is 9.11. The largest absolute Gasteiger partial charge is 0.417 e. The number of nitrogens with two attached hydrogens (primary N) is 1. The minimum atomic E-state index is -0.698. The number of rotatable bonds is 6. The fourth-order valence-electron chi connectivity index (χ4n) is 4.63. The second-order valence-electron chi connectivity index (χ2n) is 9.11. The number of aromatic nitrogens is 2. The molecule has 1 aliphatic rings. The number of carbonyl (C=O) groups is 2. The summed E-state index contributed by atoms with van der Waals surface area (Å²) in [4.78, 5) is 45.0. The van der Waals surface area contributed by atoms with E-state index in [0.717, 1.165) is 5.56 Å². The van der Waals surface area contributed by atoms with E-state index < -0.39 is 17.7 Å². The molecule has 8 nitrogen and oxygen atoms in total. The maximum atomic E-state index is 13.4. The van der Waals surface area contributed by atoms with Crippen LogP contribution in [0.1, 0.15) is 57.6 Å². The number of H-pyrrole nitrogens is 1. The zero-order chi connectivity index (χ0) is 24.9. The van der Waals surface area contributed by atoms with Crippen molar-refractivity contribution < 1.29 is 18.4 Å². The van der Waals surface area contributed by atoms with Crippen molar-refractivity contribution in [3.8, 4) is 11.1 Å². The highest BCUT2D eigenvalue weighted by atomic mass is 19.1. The Hall–Kier alpha value is -4.27. The maximum absolute atomic E-state index is 13.4. The van der Waals surface area contributed by atoms with Gasteiger partial charge in [-0.2, -0.15) is 0 Å². The van der Waals surface area contributed by atoms with E-state index in [1.165, 1.54) is 12.1 Å². The molecule has 2 amide bonds. The Morgan fingerprint density at radius 2 is 1.89 bits per heavy atom. The van der Waals surface area contributed by atoms with Crippen LogP contribution >= 0.6 is 0 Å². The molecule has 0 bridgehead atoms. The lowest BCUT2D eigenvalue weighted by atomic mass is 9.88. The molecule has 4 aromatic rings. The minimum absolute atomic E-state index is 0.164.